The van der Waals surface area contributed by atoms with Crippen molar-refractivity contribution in [2.24, 2.45) is 5.73 Å². The van der Waals surface area contributed by atoms with Gasteiger partial charge < -0.3 is 20.3 Å². The standard InChI is InChI=1S/C23H28FN7O/c1-14-21(27-20-18(26-14)22(29-28-20)30-9-3-2-4-10-30)31-11-7-23(8-12-31)19(25)16-6-5-15(24)13-17(16)32-23/h5-6,13,19H,2-4,7-12,25H2,1H3,(H,27,28,29)/t19-/m1/s1. The molecular weight excluding hydrogens is 409 g/mol. The van der Waals surface area contributed by atoms with Gasteiger partial charge in [0.2, 0.25) is 0 Å². The summed E-state index contributed by atoms with van der Waals surface area (Å²) in [7, 11) is 0. The van der Waals surface area contributed by atoms with Crippen LogP contribution in [-0.2, 0) is 0 Å². The summed E-state index contributed by atoms with van der Waals surface area (Å²) in [5, 5.41) is 7.63. The minimum Gasteiger partial charge on any atom is -0.485 e. The van der Waals surface area contributed by atoms with Crippen LogP contribution in [0, 0.1) is 12.7 Å². The average molecular weight is 438 g/mol. The van der Waals surface area contributed by atoms with Crippen molar-refractivity contribution < 1.29 is 9.13 Å². The molecule has 168 valence electrons. The summed E-state index contributed by atoms with van der Waals surface area (Å²) in [6, 6.07) is 4.39. The van der Waals surface area contributed by atoms with Gasteiger partial charge in [-0.3, -0.25) is 5.10 Å². The SMILES string of the molecule is Cc1nc2c(N3CCCCC3)n[nH]c2nc1N1CCC2(CC1)Oc1cc(F)ccc1[C@H]2N. The lowest BCUT2D eigenvalue weighted by Crippen LogP contribution is -2.51. The summed E-state index contributed by atoms with van der Waals surface area (Å²) in [5.74, 6) is 2.06. The molecule has 0 unspecified atom stereocenters. The molecule has 2 aromatic heterocycles. The molecule has 3 N–H and O–H groups in total. The highest BCUT2D eigenvalue weighted by Gasteiger charge is 2.48. The van der Waals surface area contributed by atoms with E-state index in [1.54, 1.807) is 6.07 Å². The second-order valence-electron chi connectivity index (χ2n) is 9.24. The molecular formula is C23H28FN7O. The predicted octanol–water partition coefficient (Wildman–Crippen LogP) is 3.22. The minimum atomic E-state index is -0.493. The Morgan fingerprint density at radius 3 is 2.59 bits per heavy atom. The van der Waals surface area contributed by atoms with E-state index in [0.717, 1.165) is 73.1 Å². The Hall–Kier alpha value is -2.94. The van der Waals surface area contributed by atoms with Crippen LogP contribution in [-0.4, -0.2) is 51.9 Å². The molecule has 0 amide bonds. The average Bonchev–Trinajstić information content (AvgIpc) is 3.33. The number of nitrogens with two attached hydrogens (primary N) is 1. The quantitative estimate of drug-likeness (QED) is 0.635. The van der Waals surface area contributed by atoms with E-state index in [2.05, 4.69) is 20.0 Å². The van der Waals surface area contributed by atoms with Crippen LogP contribution in [0.4, 0.5) is 16.0 Å². The predicted molar refractivity (Wildman–Crippen MR) is 121 cm³/mol. The van der Waals surface area contributed by atoms with E-state index < -0.39 is 5.60 Å². The van der Waals surface area contributed by atoms with Gasteiger partial charge in [-0.15, -0.1) is 0 Å². The van der Waals surface area contributed by atoms with Crippen LogP contribution in [0.1, 0.15) is 49.4 Å². The maximum Gasteiger partial charge on any atom is 0.178 e. The Balaban J connectivity index is 1.23. The molecule has 1 spiro atoms. The molecule has 32 heavy (non-hydrogen) atoms. The second kappa shape index (κ2) is 7.30. The normalized spacial score (nSPS) is 22.4. The topological polar surface area (TPSA) is 96.2 Å². The number of piperidine rings is 2. The number of benzene rings is 1. The maximum atomic E-state index is 13.7. The number of ether oxygens (including phenoxy) is 1. The van der Waals surface area contributed by atoms with E-state index >= 15 is 0 Å². The number of anilines is 2. The molecule has 0 aliphatic carbocycles. The molecule has 8 nitrogen and oxygen atoms in total. The van der Waals surface area contributed by atoms with Gasteiger partial charge in [0.1, 0.15) is 17.2 Å². The highest BCUT2D eigenvalue weighted by Crippen LogP contribution is 2.47. The first-order chi connectivity index (χ1) is 15.5. The molecule has 0 saturated carbocycles. The van der Waals surface area contributed by atoms with Crippen molar-refractivity contribution >= 4 is 22.8 Å². The third kappa shape index (κ3) is 3.02. The fourth-order valence-electron chi connectivity index (χ4n) is 5.46. The Labute approximate surface area is 186 Å². The second-order valence-corrected chi connectivity index (χ2v) is 9.24. The number of hydrogen-bond acceptors (Lipinski definition) is 7. The van der Waals surface area contributed by atoms with Crippen molar-refractivity contribution in [1.82, 2.24) is 20.2 Å². The number of nitrogens with zero attached hydrogens (tertiary/aromatic N) is 5. The first-order valence-electron chi connectivity index (χ1n) is 11.5. The van der Waals surface area contributed by atoms with E-state index in [9.17, 15) is 4.39 Å². The van der Waals surface area contributed by atoms with Gasteiger partial charge >= 0.3 is 0 Å². The fraction of sp³-hybridized carbons (Fsp3) is 0.522. The largest absolute Gasteiger partial charge is 0.485 e. The van der Waals surface area contributed by atoms with Gasteiger partial charge in [-0.25, -0.2) is 14.4 Å². The van der Waals surface area contributed by atoms with E-state index in [0.29, 0.717) is 5.75 Å². The highest BCUT2D eigenvalue weighted by atomic mass is 19.1. The van der Waals surface area contributed by atoms with Crippen LogP contribution in [0.2, 0.25) is 0 Å². The van der Waals surface area contributed by atoms with Gasteiger partial charge in [-0.2, -0.15) is 5.10 Å². The summed E-state index contributed by atoms with van der Waals surface area (Å²) in [4.78, 5) is 14.3. The van der Waals surface area contributed by atoms with Crippen molar-refractivity contribution in [2.75, 3.05) is 36.0 Å². The molecule has 9 heteroatoms. The number of halogens is 1. The number of H-pyrrole nitrogens is 1. The number of aryl methyl sites for hydroxylation is 1. The van der Waals surface area contributed by atoms with E-state index in [1.807, 2.05) is 6.92 Å². The van der Waals surface area contributed by atoms with Crippen molar-refractivity contribution in [3.63, 3.8) is 0 Å². The Bertz CT molecular complexity index is 1160. The van der Waals surface area contributed by atoms with Gasteiger partial charge in [-0.05, 0) is 32.3 Å². The number of fused-ring (bicyclic) bond motifs is 2. The molecule has 0 bridgehead atoms. The van der Waals surface area contributed by atoms with Crippen molar-refractivity contribution in [3.8, 4) is 5.75 Å². The van der Waals surface area contributed by atoms with Crippen LogP contribution in [0.3, 0.4) is 0 Å². The first kappa shape index (κ1) is 19.7. The number of rotatable bonds is 2. The van der Waals surface area contributed by atoms with Gasteiger partial charge in [0, 0.05) is 50.7 Å². The van der Waals surface area contributed by atoms with Gasteiger partial charge in [0.15, 0.2) is 22.8 Å². The molecule has 3 aliphatic heterocycles. The van der Waals surface area contributed by atoms with Gasteiger partial charge in [0.25, 0.3) is 0 Å². The molecule has 5 heterocycles. The summed E-state index contributed by atoms with van der Waals surface area (Å²) >= 11 is 0. The zero-order valence-corrected chi connectivity index (χ0v) is 18.3. The van der Waals surface area contributed by atoms with E-state index in [-0.39, 0.29) is 11.9 Å². The third-order valence-electron chi connectivity index (χ3n) is 7.28. The molecule has 3 aliphatic rings. The number of hydrogen-bond donors (Lipinski definition) is 2. The summed E-state index contributed by atoms with van der Waals surface area (Å²) in [5.41, 5.74) is 9.42. The molecule has 2 saturated heterocycles. The molecule has 1 atom stereocenters. The maximum absolute atomic E-state index is 13.7. The molecule has 2 fully saturated rings. The van der Waals surface area contributed by atoms with Crippen LogP contribution >= 0.6 is 0 Å². The lowest BCUT2D eigenvalue weighted by molar-refractivity contribution is 0.0429. The zero-order valence-electron chi connectivity index (χ0n) is 18.3. The molecule has 6 rings (SSSR count). The lowest BCUT2D eigenvalue weighted by atomic mass is 9.83. The van der Waals surface area contributed by atoms with Gasteiger partial charge in [0.05, 0.1) is 11.7 Å². The number of nitrogens with one attached hydrogen (secondary N) is 1. The van der Waals surface area contributed by atoms with Crippen molar-refractivity contribution in [1.29, 1.82) is 0 Å². The lowest BCUT2D eigenvalue weighted by Gasteiger charge is -2.41. The fourth-order valence-corrected chi connectivity index (χ4v) is 5.46. The van der Waals surface area contributed by atoms with E-state index in [1.165, 1.54) is 31.4 Å². The van der Waals surface area contributed by atoms with E-state index in [4.69, 9.17) is 20.4 Å². The highest BCUT2D eigenvalue weighted by molar-refractivity contribution is 5.85. The smallest absolute Gasteiger partial charge is 0.178 e. The minimum absolute atomic E-state index is 0.255. The van der Waals surface area contributed by atoms with Gasteiger partial charge in [-0.1, -0.05) is 6.07 Å². The monoisotopic (exact) mass is 437 g/mol. The molecule has 3 aromatic rings. The first-order valence-corrected chi connectivity index (χ1v) is 11.5. The molecule has 0 radical (unpaired) electrons. The zero-order chi connectivity index (χ0) is 21.9. The van der Waals surface area contributed by atoms with Crippen LogP contribution in [0.5, 0.6) is 5.75 Å². The summed E-state index contributed by atoms with van der Waals surface area (Å²) < 4.78 is 19.9. The van der Waals surface area contributed by atoms with Crippen LogP contribution in [0.15, 0.2) is 18.2 Å². The Morgan fingerprint density at radius 1 is 1.06 bits per heavy atom. The number of aromatic nitrogens is 4. The molecule has 1 aromatic carbocycles. The number of aromatic amines is 1. The van der Waals surface area contributed by atoms with Crippen molar-refractivity contribution in [2.45, 2.75) is 50.7 Å². The Morgan fingerprint density at radius 2 is 1.81 bits per heavy atom. The van der Waals surface area contributed by atoms with Crippen LogP contribution in [0.25, 0.3) is 11.2 Å². The summed E-state index contributed by atoms with van der Waals surface area (Å²) in [6.45, 7) is 5.54. The van der Waals surface area contributed by atoms with Crippen LogP contribution < -0.4 is 20.3 Å². The Kier molecular flexibility index (Phi) is 4.50. The summed E-state index contributed by atoms with van der Waals surface area (Å²) in [6.07, 6.45) is 5.14. The third-order valence-corrected chi connectivity index (χ3v) is 7.28. The van der Waals surface area contributed by atoms with Crippen molar-refractivity contribution in [3.05, 3.63) is 35.3 Å².